The van der Waals surface area contributed by atoms with Crippen LogP contribution in [-0.2, 0) is 13.7 Å². The van der Waals surface area contributed by atoms with Crippen LogP contribution in [0, 0.1) is 3.57 Å². The molecule has 1 heterocycles. The van der Waals surface area contributed by atoms with Crippen LogP contribution in [0.3, 0.4) is 0 Å². The first-order valence-corrected chi connectivity index (χ1v) is 7.11. The van der Waals surface area contributed by atoms with E-state index in [-0.39, 0.29) is 0 Å². The summed E-state index contributed by atoms with van der Waals surface area (Å²) in [5.74, 6) is 0.877. The van der Waals surface area contributed by atoms with E-state index >= 15 is 0 Å². The van der Waals surface area contributed by atoms with Crippen molar-refractivity contribution in [3.8, 4) is 5.75 Å². The van der Waals surface area contributed by atoms with Crippen LogP contribution in [0.15, 0.2) is 48.5 Å². The molecule has 0 saturated heterocycles. The average molecular weight is 364 g/mol. The standard InChI is InChI=1S/C15H13IN2O/c1-18-15-8-3-2-7-13(15)14(17-18)10-19-12-6-4-5-11(16)9-12/h2-9H,10H2,1H3. The van der Waals surface area contributed by atoms with Crippen molar-refractivity contribution in [3.05, 3.63) is 57.8 Å². The van der Waals surface area contributed by atoms with E-state index in [1.165, 1.54) is 3.57 Å². The van der Waals surface area contributed by atoms with Gasteiger partial charge >= 0.3 is 0 Å². The molecular formula is C15H13IN2O. The Kier molecular flexibility index (Phi) is 3.42. The number of halogens is 1. The fourth-order valence-electron chi connectivity index (χ4n) is 2.10. The van der Waals surface area contributed by atoms with E-state index in [9.17, 15) is 0 Å². The van der Waals surface area contributed by atoms with Gasteiger partial charge in [-0.25, -0.2) is 0 Å². The van der Waals surface area contributed by atoms with Gasteiger partial charge in [-0.1, -0.05) is 24.3 Å². The molecule has 0 aliphatic heterocycles. The van der Waals surface area contributed by atoms with Crippen molar-refractivity contribution in [2.24, 2.45) is 7.05 Å². The average Bonchev–Trinajstić information content (AvgIpc) is 2.74. The highest BCUT2D eigenvalue weighted by Gasteiger charge is 2.08. The second-order valence-electron chi connectivity index (χ2n) is 4.33. The number of para-hydroxylation sites is 1. The highest BCUT2D eigenvalue weighted by Crippen LogP contribution is 2.20. The van der Waals surface area contributed by atoms with Crippen LogP contribution < -0.4 is 4.74 Å². The van der Waals surface area contributed by atoms with Gasteiger partial charge in [0, 0.05) is 16.0 Å². The van der Waals surface area contributed by atoms with Crippen LogP contribution in [0.2, 0.25) is 0 Å². The number of hydrogen-bond acceptors (Lipinski definition) is 2. The third kappa shape index (κ3) is 2.58. The maximum Gasteiger partial charge on any atom is 0.133 e. The summed E-state index contributed by atoms with van der Waals surface area (Å²) in [7, 11) is 1.96. The van der Waals surface area contributed by atoms with Crippen LogP contribution in [0.25, 0.3) is 10.9 Å². The second-order valence-corrected chi connectivity index (χ2v) is 5.58. The van der Waals surface area contributed by atoms with Gasteiger partial charge in [-0.15, -0.1) is 0 Å². The van der Waals surface area contributed by atoms with Crippen molar-refractivity contribution in [1.29, 1.82) is 0 Å². The number of rotatable bonds is 3. The van der Waals surface area contributed by atoms with E-state index in [1.807, 2.05) is 48.1 Å². The quantitative estimate of drug-likeness (QED) is 0.662. The summed E-state index contributed by atoms with van der Waals surface area (Å²) in [5, 5.41) is 5.67. The number of benzene rings is 2. The smallest absolute Gasteiger partial charge is 0.133 e. The summed E-state index contributed by atoms with van der Waals surface area (Å²) in [6, 6.07) is 16.2. The van der Waals surface area contributed by atoms with Gasteiger partial charge in [0.25, 0.3) is 0 Å². The van der Waals surface area contributed by atoms with Gasteiger partial charge in [-0.05, 0) is 46.9 Å². The molecule has 96 valence electrons. The van der Waals surface area contributed by atoms with Crippen molar-refractivity contribution in [3.63, 3.8) is 0 Å². The molecule has 0 saturated carbocycles. The zero-order valence-corrected chi connectivity index (χ0v) is 12.7. The Morgan fingerprint density at radius 1 is 1.16 bits per heavy atom. The normalized spacial score (nSPS) is 10.8. The topological polar surface area (TPSA) is 27.1 Å². The number of ether oxygens (including phenoxy) is 1. The molecule has 1 aromatic heterocycles. The van der Waals surface area contributed by atoms with Crippen molar-refractivity contribution in [2.75, 3.05) is 0 Å². The van der Waals surface area contributed by atoms with E-state index in [0.717, 1.165) is 22.3 Å². The number of aryl methyl sites for hydroxylation is 1. The lowest BCUT2D eigenvalue weighted by Crippen LogP contribution is -1.98. The molecule has 19 heavy (non-hydrogen) atoms. The third-order valence-electron chi connectivity index (χ3n) is 3.01. The van der Waals surface area contributed by atoms with Gasteiger partial charge in [-0.2, -0.15) is 5.10 Å². The summed E-state index contributed by atoms with van der Waals surface area (Å²) in [6.45, 7) is 0.488. The number of aromatic nitrogens is 2. The molecule has 0 N–H and O–H groups in total. The van der Waals surface area contributed by atoms with Crippen LogP contribution in [0.1, 0.15) is 5.69 Å². The van der Waals surface area contributed by atoms with Gasteiger partial charge in [0.1, 0.15) is 18.1 Å². The Bertz CT molecular complexity index is 721. The Balaban J connectivity index is 1.86. The maximum atomic E-state index is 5.81. The summed E-state index contributed by atoms with van der Waals surface area (Å²) in [5.41, 5.74) is 2.10. The molecule has 3 rings (SSSR count). The molecule has 0 aliphatic carbocycles. The van der Waals surface area contributed by atoms with Crippen LogP contribution in [-0.4, -0.2) is 9.78 Å². The van der Waals surface area contributed by atoms with Crippen molar-refractivity contribution >= 4 is 33.5 Å². The molecule has 0 spiro atoms. The lowest BCUT2D eigenvalue weighted by Gasteiger charge is -2.04. The highest BCUT2D eigenvalue weighted by molar-refractivity contribution is 14.1. The number of fused-ring (bicyclic) bond motifs is 1. The predicted octanol–water partition coefficient (Wildman–Crippen LogP) is 3.76. The predicted molar refractivity (Wildman–Crippen MR) is 84.2 cm³/mol. The first-order chi connectivity index (χ1) is 9.24. The monoisotopic (exact) mass is 364 g/mol. The minimum absolute atomic E-state index is 0.488. The van der Waals surface area contributed by atoms with Gasteiger partial charge in [0.15, 0.2) is 0 Å². The number of hydrogen-bond donors (Lipinski definition) is 0. The third-order valence-corrected chi connectivity index (χ3v) is 3.68. The zero-order valence-electron chi connectivity index (χ0n) is 10.5. The van der Waals surface area contributed by atoms with Gasteiger partial charge < -0.3 is 4.74 Å². The molecule has 4 heteroatoms. The number of nitrogens with zero attached hydrogens (tertiary/aromatic N) is 2. The van der Waals surface area contributed by atoms with Crippen LogP contribution in [0.5, 0.6) is 5.75 Å². The molecule has 3 nitrogen and oxygen atoms in total. The van der Waals surface area contributed by atoms with Crippen molar-refractivity contribution < 1.29 is 4.74 Å². The molecule has 0 aliphatic rings. The maximum absolute atomic E-state index is 5.81. The molecule has 0 amide bonds. The van der Waals surface area contributed by atoms with Gasteiger partial charge in [0.2, 0.25) is 0 Å². The van der Waals surface area contributed by atoms with E-state index < -0.39 is 0 Å². The molecule has 2 aromatic carbocycles. The Morgan fingerprint density at radius 3 is 2.84 bits per heavy atom. The zero-order chi connectivity index (χ0) is 13.2. The Morgan fingerprint density at radius 2 is 2.00 bits per heavy atom. The summed E-state index contributed by atoms with van der Waals surface area (Å²) in [4.78, 5) is 0. The van der Waals surface area contributed by atoms with E-state index in [1.54, 1.807) is 0 Å². The largest absolute Gasteiger partial charge is 0.487 e. The Hall–Kier alpha value is -1.56. The molecule has 0 radical (unpaired) electrons. The Labute approximate surface area is 125 Å². The van der Waals surface area contributed by atoms with Crippen molar-refractivity contribution in [2.45, 2.75) is 6.61 Å². The second kappa shape index (κ2) is 5.21. The molecule has 0 atom stereocenters. The fraction of sp³-hybridized carbons (Fsp3) is 0.133. The van der Waals surface area contributed by atoms with Crippen LogP contribution >= 0.6 is 22.6 Å². The summed E-state index contributed by atoms with van der Waals surface area (Å²) in [6.07, 6.45) is 0. The molecular weight excluding hydrogens is 351 g/mol. The highest BCUT2D eigenvalue weighted by atomic mass is 127. The molecule has 0 unspecified atom stereocenters. The van der Waals surface area contributed by atoms with Gasteiger partial charge in [0.05, 0.1) is 5.52 Å². The minimum atomic E-state index is 0.488. The first-order valence-electron chi connectivity index (χ1n) is 6.03. The SMILES string of the molecule is Cn1nc(COc2cccc(I)c2)c2ccccc21. The van der Waals surface area contributed by atoms with E-state index in [2.05, 4.69) is 39.8 Å². The molecule has 0 fully saturated rings. The minimum Gasteiger partial charge on any atom is -0.487 e. The molecule has 3 aromatic rings. The fourth-order valence-corrected chi connectivity index (χ4v) is 2.62. The molecule has 0 bridgehead atoms. The summed E-state index contributed by atoms with van der Waals surface area (Å²) < 4.78 is 8.87. The lowest BCUT2D eigenvalue weighted by molar-refractivity contribution is 0.301. The van der Waals surface area contributed by atoms with Crippen molar-refractivity contribution in [1.82, 2.24) is 9.78 Å². The van der Waals surface area contributed by atoms with E-state index in [0.29, 0.717) is 6.61 Å². The lowest BCUT2D eigenvalue weighted by atomic mass is 10.2. The van der Waals surface area contributed by atoms with E-state index in [4.69, 9.17) is 4.74 Å². The van der Waals surface area contributed by atoms with Gasteiger partial charge in [-0.3, -0.25) is 4.68 Å². The van der Waals surface area contributed by atoms with Crippen LogP contribution in [0.4, 0.5) is 0 Å². The first kappa shape index (κ1) is 12.5. The summed E-state index contributed by atoms with van der Waals surface area (Å²) >= 11 is 2.28.